The van der Waals surface area contributed by atoms with Crippen LogP contribution in [0, 0.1) is 5.92 Å². The number of rotatable bonds is 5. The topological polar surface area (TPSA) is 92.4 Å². The van der Waals surface area contributed by atoms with Crippen molar-refractivity contribution in [3.63, 3.8) is 0 Å². The van der Waals surface area contributed by atoms with Crippen molar-refractivity contribution >= 4 is 33.5 Å². The largest absolute Gasteiger partial charge is 0.480 e. The number of amides is 1. The molecule has 0 aliphatic carbocycles. The van der Waals surface area contributed by atoms with Gasteiger partial charge in [0.05, 0.1) is 5.56 Å². The van der Waals surface area contributed by atoms with Crippen LogP contribution in [0.2, 0.25) is 0 Å². The van der Waals surface area contributed by atoms with Crippen LogP contribution in [-0.2, 0) is 4.79 Å². The Bertz CT molecular complexity index is 489. The molecule has 0 bridgehead atoms. The second-order valence-corrected chi connectivity index (χ2v) is 5.64. The van der Waals surface area contributed by atoms with Crippen LogP contribution in [0.5, 0.6) is 0 Å². The lowest BCUT2D eigenvalue weighted by Gasteiger charge is -2.17. The number of halogens is 1. The highest BCUT2D eigenvalue weighted by molar-refractivity contribution is 9.10. The summed E-state index contributed by atoms with van der Waals surface area (Å²) in [6.07, 6.45) is 0.373. The van der Waals surface area contributed by atoms with E-state index >= 15 is 0 Å². The molecule has 5 nitrogen and oxygen atoms in total. The maximum absolute atomic E-state index is 12.0. The first-order valence-corrected chi connectivity index (χ1v) is 6.69. The number of hydrogen-bond donors (Lipinski definition) is 3. The summed E-state index contributed by atoms with van der Waals surface area (Å²) in [6.45, 7) is 3.80. The van der Waals surface area contributed by atoms with Gasteiger partial charge < -0.3 is 16.2 Å². The number of benzene rings is 1. The van der Waals surface area contributed by atoms with E-state index in [-0.39, 0.29) is 11.5 Å². The first-order chi connectivity index (χ1) is 8.81. The standard InChI is InChI=1S/C13H17BrN2O3/c1-7(2)5-11(13(18)19)16-12(17)9-4-3-8(14)6-10(9)15/h3-4,6-7,11H,5,15H2,1-2H3,(H,16,17)(H,18,19)/t11-/m0/s1. The number of nitrogen functional groups attached to an aromatic ring is 1. The Morgan fingerprint density at radius 1 is 1.42 bits per heavy atom. The fourth-order valence-electron chi connectivity index (χ4n) is 1.67. The maximum atomic E-state index is 12.0. The molecular weight excluding hydrogens is 312 g/mol. The van der Waals surface area contributed by atoms with Crippen molar-refractivity contribution in [2.45, 2.75) is 26.3 Å². The molecule has 0 aliphatic heterocycles. The second kappa shape index (κ2) is 6.56. The average molecular weight is 329 g/mol. The number of carboxylic acid groups (broad SMARTS) is 1. The molecule has 0 heterocycles. The first kappa shape index (κ1) is 15.5. The van der Waals surface area contributed by atoms with Gasteiger partial charge in [-0.15, -0.1) is 0 Å². The molecule has 0 spiro atoms. The van der Waals surface area contributed by atoms with E-state index in [1.165, 1.54) is 0 Å². The number of carboxylic acids is 1. The summed E-state index contributed by atoms with van der Waals surface area (Å²) in [4.78, 5) is 23.1. The van der Waals surface area contributed by atoms with Crippen LogP contribution in [0.3, 0.4) is 0 Å². The van der Waals surface area contributed by atoms with E-state index in [0.29, 0.717) is 12.1 Å². The van der Waals surface area contributed by atoms with Crippen molar-refractivity contribution in [1.82, 2.24) is 5.32 Å². The van der Waals surface area contributed by atoms with Gasteiger partial charge in [-0.25, -0.2) is 4.79 Å². The monoisotopic (exact) mass is 328 g/mol. The van der Waals surface area contributed by atoms with E-state index < -0.39 is 17.9 Å². The predicted octanol–water partition coefficient (Wildman–Crippen LogP) is 2.26. The number of carbonyl (C=O) groups is 2. The average Bonchev–Trinajstić information content (AvgIpc) is 2.26. The Morgan fingerprint density at radius 2 is 2.05 bits per heavy atom. The lowest BCUT2D eigenvalue weighted by molar-refractivity contribution is -0.139. The van der Waals surface area contributed by atoms with Gasteiger partial charge >= 0.3 is 5.97 Å². The Labute approximate surface area is 120 Å². The lowest BCUT2D eigenvalue weighted by atomic mass is 10.0. The van der Waals surface area contributed by atoms with Crippen molar-refractivity contribution < 1.29 is 14.7 Å². The SMILES string of the molecule is CC(C)C[C@H](NC(=O)c1ccc(Br)cc1N)C(=O)O. The number of aliphatic carboxylic acids is 1. The normalized spacial score (nSPS) is 12.2. The Kier molecular flexibility index (Phi) is 5.35. The zero-order valence-corrected chi connectivity index (χ0v) is 12.4. The summed E-state index contributed by atoms with van der Waals surface area (Å²) in [5.74, 6) is -1.35. The molecule has 0 aliphatic rings. The van der Waals surface area contributed by atoms with E-state index in [9.17, 15) is 9.59 Å². The number of nitrogens with two attached hydrogens (primary N) is 1. The maximum Gasteiger partial charge on any atom is 0.326 e. The van der Waals surface area contributed by atoms with E-state index in [2.05, 4.69) is 21.2 Å². The van der Waals surface area contributed by atoms with Crippen LogP contribution < -0.4 is 11.1 Å². The fraction of sp³-hybridized carbons (Fsp3) is 0.385. The second-order valence-electron chi connectivity index (χ2n) is 4.73. The third-order valence-corrected chi connectivity index (χ3v) is 3.06. The molecule has 19 heavy (non-hydrogen) atoms. The molecule has 1 aromatic carbocycles. The zero-order chi connectivity index (χ0) is 14.6. The summed E-state index contributed by atoms with van der Waals surface area (Å²) in [7, 11) is 0. The summed E-state index contributed by atoms with van der Waals surface area (Å²) in [6, 6.07) is 3.94. The van der Waals surface area contributed by atoms with Crippen LogP contribution in [0.4, 0.5) is 5.69 Å². The third kappa shape index (κ3) is 4.55. The summed E-state index contributed by atoms with van der Waals surface area (Å²) in [5.41, 5.74) is 6.32. The Balaban J connectivity index is 2.84. The predicted molar refractivity (Wildman–Crippen MR) is 76.9 cm³/mol. The highest BCUT2D eigenvalue weighted by Gasteiger charge is 2.22. The first-order valence-electron chi connectivity index (χ1n) is 5.90. The van der Waals surface area contributed by atoms with Crippen LogP contribution in [0.25, 0.3) is 0 Å². The van der Waals surface area contributed by atoms with Gasteiger partial charge in [-0.3, -0.25) is 4.79 Å². The van der Waals surface area contributed by atoms with Gasteiger partial charge in [-0.05, 0) is 30.5 Å². The van der Waals surface area contributed by atoms with E-state index in [1.54, 1.807) is 18.2 Å². The van der Waals surface area contributed by atoms with Gasteiger partial charge in [0.25, 0.3) is 5.91 Å². The molecule has 1 aromatic rings. The van der Waals surface area contributed by atoms with Crippen LogP contribution in [-0.4, -0.2) is 23.0 Å². The molecule has 1 amide bonds. The fourth-order valence-corrected chi connectivity index (χ4v) is 2.05. The molecule has 1 atom stereocenters. The van der Waals surface area contributed by atoms with Gasteiger partial charge in [0.2, 0.25) is 0 Å². The molecule has 1 rings (SSSR count). The molecule has 4 N–H and O–H groups in total. The minimum atomic E-state index is -1.04. The Hall–Kier alpha value is -1.56. The number of hydrogen-bond acceptors (Lipinski definition) is 3. The molecule has 0 fully saturated rings. The van der Waals surface area contributed by atoms with Crippen molar-refractivity contribution in [2.24, 2.45) is 5.92 Å². The minimum absolute atomic E-state index is 0.170. The summed E-state index contributed by atoms with van der Waals surface area (Å²) >= 11 is 3.25. The molecule has 6 heteroatoms. The Morgan fingerprint density at radius 3 is 2.53 bits per heavy atom. The lowest BCUT2D eigenvalue weighted by Crippen LogP contribution is -2.41. The number of nitrogens with one attached hydrogen (secondary N) is 1. The molecule has 0 aromatic heterocycles. The van der Waals surface area contributed by atoms with E-state index in [1.807, 2.05) is 13.8 Å². The third-order valence-electron chi connectivity index (χ3n) is 2.57. The summed E-state index contributed by atoms with van der Waals surface area (Å²) in [5, 5.41) is 11.6. The van der Waals surface area contributed by atoms with Gasteiger partial charge in [-0.2, -0.15) is 0 Å². The van der Waals surface area contributed by atoms with Crippen LogP contribution in [0.1, 0.15) is 30.6 Å². The zero-order valence-electron chi connectivity index (χ0n) is 10.8. The van der Waals surface area contributed by atoms with Gasteiger partial charge in [0.1, 0.15) is 6.04 Å². The van der Waals surface area contributed by atoms with Crippen molar-refractivity contribution in [3.05, 3.63) is 28.2 Å². The van der Waals surface area contributed by atoms with Gasteiger partial charge in [0, 0.05) is 10.2 Å². The van der Waals surface area contributed by atoms with E-state index in [4.69, 9.17) is 10.8 Å². The molecule has 0 saturated carbocycles. The molecule has 104 valence electrons. The molecular formula is C13H17BrN2O3. The van der Waals surface area contributed by atoms with Crippen molar-refractivity contribution in [3.8, 4) is 0 Å². The molecule has 0 unspecified atom stereocenters. The molecule has 0 radical (unpaired) electrons. The number of anilines is 1. The van der Waals surface area contributed by atoms with Crippen molar-refractivity contribution in [1.29, 1.82) is 0 Å². The van der Waals surface area contributed by atoms with Gasteiger partial charge in [0.15, 0.2) is 0 Å². The highest BCUT2D eigenvalue weighted by atomic mass is 79.9. The van der Waals surface area contributed by atoms with Gasteiger partial charge in [-0.1, -0.05) is 29.8 Å². The smallest absolute Gasteiger partial charge is 0.326 e. The van der Waals surface area contributed by atoms with Crippen LogP contribution in [0.15, 0.2) is 22.7 Å². The highest BCUT2D eigenvalue weighted by Crippen LogP contribution is 2.18. The number of carbonyl (C=O) groups excluding carboxylic acids is 1. The molecule has 0 saturated heterocycles. The quantitative estimate of drug-likeness (QED) is 0.723. The van der Waals surface area contributed by atoms with Crippen LogP contribution >= 0.6 is 15.9 Å². The summed E-state index contributed by atoms with van der Waals surface area (Å²) < 4.78 is 0.763. The minimum Gasteiger partial charge on any atom is -0.480 e. The van der Waals surface area contributed by atoms with Crippen molar-refractivity contribution in [2.75, 3.05) is 5.73 Å². The van der Waals surface area contributed by atoms with E-state index in [0.717, 1.165) is 4.47 Å².